The fourth-order valence-electron chi connectivity index (χ4n) is 2.00. The minimum atomic E-state index is -1.07. The Kier molecular flexibility index (Phi) is 5.46. The number of nitrogens with one attached hydrogen (secondary N) is 2. The Balaban J connectivity index is 2.07. The maximum atomic E-state index is 12.2. The smallest absolute Gasteiger partial charge is 0.325 e. The number of carboxylic acid groups (broad SMARTS) is 1. The molecule has 7 heteroatoms. The summed E-state index contributed by atoms with van der Waals surface area (Å²) in [6.45, 7) is 1.58. The number of aliphatic carboxylic acids is 1. The van der Waals surface area contributed by atoms with Gasteiger partial charge in [0.2, 0.25) is 5.91 Å². The van der Waals surface area contributed by atoms with Crippen molar-refractivity contribution in [2.75, 3.05) is 5.32 Å². The summed E-state index contributed by atoms with van der Waals surface area (Å²) in [5.41, 5.74) is 0.946. The summed E-state index contributed by atoms with van der Waals surface area (Å²) in [7, 11) is 0. The molecule has 0 spiro atoms. The summed E-state index contributed by atoms with van der Waals surface area (Å²) in [5, 5.41) is 25.9. The minimum Gasteiger partial charge on any atom is -0.480 e. The largest absolute Gasteiger partial charge is 0.480 e. The van der Waals surface area contributed by atoms with Gasteiger partial charge in [-0.05, 0) is 23.9 Å². The molecule has 0 aliphatic carbocycles. The number of thiophene rings is 1. The molecule has 2 atom stereocenters. The number of hydrogen-bond acceptors (Lipinski definition) is 5. The Morgan fingerprint density at radius 3 is 2.57 bits per heavy atom. The number of rotatable bonds is 6. The fraction of sp³-hybridized carbons (Fsp3) is 0.188. The highest BCUT2D eigenvalue weighted by molar-refractivity contribution is 7.14. The second-order valence-electron chi connectivity index (χ2n) is 4.83. The standard InChI is InChI=1S/C16H15N3O3S/c1-10(14(20)19-15-12(9-17)7-8-23-15)18-13(16(21)22)11-5-3-2-4-6-11/h2-8,10,13,18H,1H3,(H,19,20)(H,21,22)/t10?,13-/m0/s1. The van der Waals surface area contributed by atoms with Gasteiger partial charge in [0.1, 0.15) is 17.1 Å². The molecule has 1 unspecified atom stereocenters. The summed E-state index contributed by atoms with van der Waals surface area (Å²) < 4.78 is 0. The average molecular weight is 329 g/mol. The molecule has 0 radical (unpaired) electrons. The number of hydrogen-bond donors (Lipinski definition) is 3. The molecule has 1 aromatic carbocycles. The number of carbonyl (C=O) groups is 2. The summed E-state index contributed by atoms with van der Waals surface area (Å²) in [6.07, 6.45) is 0. The van der Waals surface area contributed by atoms with Gasteiger partial charge in [-0.25, -0.2) is 0 Å². The Hall–Kier alpha value is -2.69. The van der Waals surface area contributed by atoms with E-state index in [1.54, 1.807) is 48.7 Å². The van der Waals surface area contributed by atoms with Gasteiger partial charge >= 0.3 is 5.97 Å². The van der Waals surface area contributed by atoms with Crippen LogP contribution in [0.3, 0.4) is 0 Å². The van der Waals surface area contributed by atoms with E-state index in [-0.39, 0.29) is 0 Å². The Labute approximate surface area is 137 Å². The third-order valence-corrected chi connectivity index (χ3v) is 4.04. The Morgan fingerprint density at radius 1 is 1.26 bits per heavy atom. The van der Waals surface area contributed by atoms with Crippen molar-refractivity contribution in [3.05, 3.63) is 52.9 Å². The molecule has 1 amide bonds. The van der Waals surface area contributed by atoms with Crippen molar-refractivity contribution in [3.8, 4) is 6.07 Å². The molecule has 0 bridgehead atoms. The number of carboxylic acids is 1. The molecular formula is C16H15N3O3S. The van der Waals surface area contributed by atoms with Crippen molar-refractivity contribution in [1.29, 1.82) is 5.26 Å². The van der Waals surface area contributed by atoms with Crippen LogP contribution in [0, 0.1) is 11.3 Å². The van der Waals surface area contributed by atoms with Crippen LogP contribution < -0.4 is 10.6 Å². The minimum absolute atomic E-state index is 0.383. The first-order valence-electron chi connectivity index (χ1n) is 6.85. The second kappa shape index (κ2) is 7.54. The maximum Gasteiger partial charge on any atom is 0.325 e. The predicted octanol–water partition coefficient (Wildman–Crippen LogP) is 2.36. The highest BCUT2D eigenvalue weighted by atomic mass is 32.1. The molecule has 118 valence electrons. The average Bonchev–Trinajstić information content (AvgIpc) is 2.99. The maximum absolute atomic E-state index is 12.2. The van der Waals surface area contributed by atoms with E-state index in [1.165, 1.54) is 11.3 Å². The van der Waals surface area contributed by atoms with Gasteiger partial charge in [0, 0.05) is 0 Å². The van der Waals surface area contributed by atoms with Crippen LogP contribution >= 0.6 is 11.3 Å². The van der Waals surface area contributed by atoms with E-state index in [4.69, 9.17) is 5.26 Å². The molecule has 0 aliphatic rings. The molecule has 1 heterocycles. The molecule has 23 heavy (non-hydrogen) atoms. The molecule has 6 nitrogen and oxygen atoms in total. The SMILES string of the molecule is CC(N[C@H](C(=O)O)c1ccccc1)C(=O)Nc1sccc1C#N. The summed E-state index contributed by atoms with van der Waals surface area (Å²) in [6, 6.07) is 10.5. The molecule has 2 aromatic rings. The van der Waals surface area contributed by atoms with E-state index in [9.17, 15) is 14.7 Å². The summed E-state index contributed by atoms with van der Waals surface area (Å²) in [4.78, 5) is 23.6. The first-order chi connectivity index (χ1) is 11.0. The van der Waals surface area contributed by atoms with E-state index >= 15 is 0 Å². The van der Waals surface area contributed by atoms with Gasteiger partial charge in [0.05, 0.1) is 11.6 Å². The van der Waals surface area contributed by atoms with Crippen molar-refractivity contribution >= 4 is 28.2 Å². The highest BCUT2D eigenvalue weighted by Crippen LogP contribution is 2.22. The van der Waals surface area contributed by atoms with E-state index < -0.39 is 24.0 Å². The number of nitriles is 1. The van der Waals surface area contributed by atoms with Gasteiger partial charge in [0.25, 0.3) is 0 Å². The molecule has 0 fully saturated rings. The molecule has 2 rings (SSSR count). The zero-order valence-electron chi connectivity index (χ0n) is 12.3. The van der Waals surface area contributed by atoms with Crippen LogP contribution in [0.15, 0.2) is 41.8 Å². The molecule has 3 N–H and O–H groups in total. The van der Waals surface area contributed by atoms with Gasteiger partial charge in [-0.1, -0.05) is 30.3 Å². The van der Waals surface area contributed by atoms with Gasteiger partial charge in [0.15, 0.2) is 0 Å². The summed E-state index contributed by atoms with van der Waals surface area (Å²) in [5.74, 6) is -1.46. The van der Waals surface area contributed by atoms with Gasteiger partial charge in [-0.2, -0.15) is 5.26 Å². The van der Waals surface area contributed by atoms with Gasteiger partial charge in [-0.15, -0.1) is 11.3 Å². The van der Waals surface area contributed by atoms with Gasteiger partial charge in [-0.3, -0.25) is 14.9 Å². The lowest BCUT2D eigenvalue weighted by Crippen LogP contribution is -2.42. The van der Waals surface area contributed by atoms with Crippen LogP contribution in [0.2, 0.25) is 0 Å². The molecule has 0 saturated carbocycles. The molecule has 0 saturated heterocycles. The molecule has 0 aliphatic heterocycles. The van der Waals surface area contributed by atoms with Crippen molar-refractivity contribution in [2.24, 2.45) is 0 Å². The van der Waals surface area contributed by atoms with E-state index in [2.05, 4.69) is 10.6 Å². The third-order valence-electron chi connectivity index (χ3n) is 3.21. The summed E-state index contributed by atoms with van der Waals surface area (Å²) >= 11 is 1.24. The lowest BCUT2D eigenvalue weighted by molar-refractivity contribution is -0.140. The first kappa shape index (κ1) is 16.7. The number of amides is 1. The zero-order valence-corrected chi connectivity index (χ0v) is 13.1. The normalized spacial score (nSPS) is 12.9. The van der Waals surface area contributed by atoms with Crippen LogP contribution in [0.5, 0.6) is 0 Å². The van der Waals surface area contributed by atoms with Crippen LogP contribution in [-0.4, -0.2) is 23.0 Å². The molecular weight excluding hydrogens is 314 g/mol. The van der Waals surface area contributed by atoms with Crippen molar-refractivity contribution in [3.63, 3.8) is 0 Å². The van der Waals surface area contributed by atoms with E-state index in [0.29, 0.717) is 16.1 Å². The van der Waals surface area contributed by atoms with E-state index in [1.807, 2.05) is 6.07 Å². The number of anilines is 1. The quantitative estimate of drug-likeness (QED) is 0.755. The number of benzene rings is 1. The van der Waals surface area contributed by atoms with Crippen LogP contribution in [-0.2, 0) is 9.59 Å². The van der Waals surface area contributed by atoms with Crippen molar-refractivity contribution < 1.29 is 14.7 Å². The number of nitrogens with zero attached hydrogens (tertiary/aromatic N) is 1. The highest BCUT2D eigenvalue weighted by Gasteiger charge is 2.25. The second-order valence-corrected chi connectivity index (χ2v) is 5.75. The lowest BCUT2D eigenvalue weighted by atomic mass is 10.1. The Bertz CT molecular complexity index is 737. The van der Waals surface area contributed by atoms with Crippen LogP contribution in [0.1, 0.15) is 24.1 Å². The van der Waals surface area contributed by atoms with Crippen molar-refractivity contribution in [2.45, 2.75) is 19.0 Å². The van der Waals surface area contributed by atoms with Gasteiger partial charge < -0.3 is 10.4 Å². The Morgan fingerprint density at radius 2 is 1.96 bits per heavy atom. The van der Waals surface area contributed by atoms with Crippen LogP contribution in [0.25, 0.3) is 0 Å². The zero-order chi connectivity index (χ0) is 16.8. The predicted molar refractivity (Wildman–Crippen MR) is 87.1 cm³/mol. The molecule has 1 aromatic heterocycles. The first-order valence-corrected chi connectivity index (χ1v) is 7.73. The topological polar surface area (TPSA) is 102 Å². The van der Waals surface area contributed by atoms with Crippen LogP contribution in [0.4, 0.5) is 5.00 Å². The monoisotopic (exact) mass is 329 g/mol. The van der Waals surface area contributed by atoms with E-state index in [0.717, 1.165) is 0 Å². The van der Waals surface area contributed by atoms with Crippen molar-refractivity contribution in [1.82, 2.24) is 5.32 Å². The third kappa shape index (κ3) is 4.16. The number of carbonyl (C=O) groups excluding carboxylic acids is 1. The fourth-order valence-corrected chi connectivity index (χ4v) is 2.74. The lowest BCUT2D eigenvalue weighted by Gasteiger charge is -2.20.